The Morgan fingerprint density at radius 1 is 0.660 bits per heavy atom. The van der Waals surface area contributed by atoms with Crippen LogP contribution < -0.4 is 0 Å². The fourth-order valence-electron chi connectivity index (χ4n) is 7.22. The van der Waals surface area contributed by atoms with Crippen LogP contribution in [0.2, 0.25) is 0 Å². The molecule has 4 aliphatic heterocycles. The van der Waals surface area contributed by atoms with Crippen molar-refractivity contribution in [2.75, 3.05) is 26.6 Å². The topological polar surface area (TPSA) is 68.1 Å². The average Bonchev–Trinajstić information content (AvgIpc) is 3.57. The summed E-state index contributed by atoms with van der Waals surface area (Å²) >= 11 is 0. The van der Waals surface area contributed by atoms with Crippen LogP contribution in [0, 0.1) is 47.3 Å². The third kappa shape index (κ3) is 15.0. The van der Waals surface area contributed by atoms with E-state index in [0.717, 1.165) is 37.7 Å². The van der Waals surface area contributed by atoms with Crippen molar-refractivity contribution in [1.82, 2.24) is 9.80 Å². The first-order chi connectivity index (χ1) is 23.1. The molecular weight excluding hydrogens is 624 g/mol. The quantitative estimate of drug-likeness (QED) is 0.238. The van der Waals surface area contributed by atoms with Crippen LogP contribution in [-0.2, 0) is 18.9 Å². The minimum atomic E-state index is 0.294. The van der Waals surface area contributed by atoms with E-state index in [9.17, 15) is 0 Å². The molecule has 0 bridgehead atoms. The van der Waals surface area contributed by atoms with Gasteiger partial charge in [0.05, 0.1) is 37.6 Å². The minimum absolute atomic E-state index is 0.294. The lowest BCUT2D eigenvalue weighted by Crippen LogP contribution is -2.48. The third-order valence-electron chi connectivity index (χ3n) is 10.0. The van der Waals surface area contributed by atoms with Crippen molar-refractivity contribution in [3.8, 4) is 0 Å². The van der Waals surface area contributed by atoms with Gasteiger partial charge in [-0.3, -0.25) is 14.8 Å². The van der Waals surface area contributed by atoms with Crippen LogP contribution in [0.5, 0.6) is 0 Å². The van der Waals surface area contributed by atoms with Gasteiger partial charge in [-0.05, 0) is 77.0 Å². The van der Waals surface area contributed by atoms with Crippen LogP contribution in [0.4, 0.5) is 0 Å². The van der Waals surface area contributed by atoms with Gasteiger partial charge in [-0.15, -0.1) is 0 Å². The summed E-state index contributed by atoms with van der Waals surface area (Å²) in [6.07, 6.45) is 1.57. The molecule has 0 radical (unpaired) electrons. The summed E-state index contributed by atoms with van der Waals surface area (Å²) in [5.74, 6) is 6.66. The smallest absolute Gasteiger partial charge is 0.190 e. The molecule has 8 nitrogen and oxygen atoms in total. The predicted molar refractivity (Wildman–Crippen MR) is 214 cm³/mol. The molecule has 50 heavy (non-hydrogen) atoms. The summed E-state index contributed by atoms with van der Waals surface area (Å²) in [6.45, 7) is 47.9. The Kier molecular flexibility index (Phi) is 20.7. The third-order valence-corrected chi connectivity index (χ3v) is 10.0. The van der Waals surface area contributed by atoms with Crippen molar-refractivity contribution in [3.63, 3.8) is 0 Å². The van der Waals surface area contributed by atoms with Crippen molar-refractivity contribution in [1.29, 1.82) is 0 Å². The molecule has 3 saturated heterocycles. The van der Waals surface area contributed by atoms with Crippen LogP contribution in [0.3, 0.4) is 0 Å². The van der Waals surface area contributed by atoms with Gasteiger partial charge >= 0.3 is 0 Å². The van der Waals surface area contributed by atoms with Gasteiger partial charge in [0.15, 0.2) is 11.8 Å². The lowest BCUT2D eigenvalue weighted by molar-refractivity contribution is -0.125. The monoisotopic (exact) mass is 709 g/mol. The first-order valence-electron chi connectivity index (χ1n) is 20.3. The van der Waals surface area contributed by atoms with Crippen LogP contribution in [0.25, 0.3) is 0 Å². The van der Waals surface area contributed by atoms with Crippen LogP contribution >= 0.6 is 0 Å². The molecule has 0 saturated carbocycles. The molecule has 296 valence electrons. The van der Waals surface area contributed by atoms with E-state index >= 15 is 0 Å². The number of hydrogen-bond acceptors (Lipinski definition) is 8. The summed E-state index contributed by atoms with van der Waals surface area (Å²) in [7, 11) is 0. The highest BCUT2D eigenvalue weighted by molar-refractivity contribution is 5.84. The molecule has 0 spiro atoms. The summed E-state index contributed by atoms with van der Waals surface area (Å²) in [4.78, 5) is 13.7. The Morgan fingerprint density at radius 2 is 1.18 bits per heavy atom. The molecule has 0 amide bonds. The highest BCUT2D eigenvalue weighted by Gasteiger charge is 2.38. The van der Waals surface area contributed by atoms with Crippen LogP contribution in [0.15, 0.2) is 9.98 Å². The zero-order valence-electron chi connectivity index (χ0n) is 36.5. The van der Waals surface area contributed by atoms with Crippen molar-refractivity contribution in [2.24, 2.45) is 57.3 Å². The van der Waals surface area contributed by atoms with Gasteiger partial charge in [0.2, 0.25) is 0 Å². The molecule has 4 unspecified atom stereocenters. The molecule has 0 aromatic heterocycles. The largest absolute Gasteiger partial charge is 0.476 e. The zero-order valence-corrected chi connectivity index (χ0v) is 36.5. The van der Waals surface area contributed by atoms with Gasteiger partial charge in [0, 0.05) is 37.1 Å². The standard InChI is InChI=1S/2C11H23NO.2C10H19NO/c1-8(2)11-10(5)6-12(7-13-11)9(3)4;1-8(2)6-12-7-13-11(9(3)4)10(12)5;1-6(2)9-8(5)10(12-9)11-7(3)4;1-6(2)9-8(5)11-10(12-9)7(3)4/h2*8-11H,6-7H2,1-5H3;2*6-9H,1-5H3/t2*10?,11-;2*8?,9-/m0000/s1. The van der Waals surface area contributed by atoms with Crippen LogP contribution in [-0.4, -0.2) is 96.7 Å². The van der Waals surface area contributed by atoms with Crippen LogP contribution in [0.1, 0.15) is 138 Å². The Morgan fingerprint density at radius 3 is 1.52 bits per heavy atom. The Balaban J connectivity index is 0.000000334. The predicted octanol–water partition coefficient (Wildman–Crippen LogP) is 9.66. The number of nitrogens with zero attached hydrogens (tertiary/aromatic N) is 4. The molecule has 8 heteroatoms. The maximum atomic E-state index is 5.85. The molecule has 0 aliphatic carbocycles. The van der Waals surface area contributed by atoms with Crippen molar-refractivity contribution in [3.05, 3.63) is 0 Å². The first-order valence-corrected chi connectivity index (χ1v) is 20.3. The van der Waals surface area contributed by atoms with Gasteiger partial charge in [-0.25, -0.2) is 4.99 Å². The van der Waals surface area contributed by atoms with Crippen molar-refractivity contribution >= 4 is 11.8 Å². The van der Waals surface area contributed by atoms with Crippen molar-refractivity contribution in [2.45, 2.75) is 187 Å². The number of rotatable bonds is 9. The van der Waals surface area contributed by atoms with Gasteiger partial charge < -0.3 is 18.9 Å². The number of hydrogen-bond donors (Lipinski definition) is 0. The molecule has 4 rings (SSSR count). The minimum Gasteiger partial charge on any atom is -0.476 e. The average molecular weight is 709 g/mol. The second-order valence-electron chi connectivity index (χ2n) is 18.1. The molecule has 0 aromatic rings. The fraction of sp³-hybridized carbons (Fsp3) is 0.952. The van der Waals surface area contributed by atoms with Gasteiger partial charge in [-0.1, -0.05) is 96.9 Å². The summed E-state index contributed by atoms with van der Waals surface area (Å²) in [5, 5.41) is 0. The Hall–Kier alpha value is -1.22. The SMILES string of the molecule is CC(C)C1=NC(C)[C@H](C(C)C)O1.CC(C)CN1CO[C@@H](C(C)C)C1C.CC(C)N=C1O[C@@H](C(C)C)C1C.CC(C)[C@@H]1OCN(C(C)C)CC1C. The first kappa shape index (κ1) is 46.8. The molecule has 3 fully saturated rings. The Labute approximate surface area is 310 Å². The second-order valence-corrected chi connectivity index (χ2v) is 18.1. The lowest BCUT2D eigenvalue weighted by atomic mass is 9.89. The highest BCUT2D eigenvalue weighted by Crippen LogP contribution is 2.29. The number of ether oxygens (including phenoxy) is 4. The zero-order chi connectivity index (χ0) is 38.6. The lowest BCUT2D eigenvalue weighted by Gasteiger charge is -2.40. The molecule has 0 aromatic carbocycles. The summed E-state index contributed by atoms with van der Waals surface area (Å²) < 4.78 is 22.9. The van der Waals surface area contributed by atoms with E-state index in [1.54, 1.807) is 0 Å². The maximum Gasteiger partial charge on any atom is 0.190 e. The summed E-state index contributed by atoms with van der Waals surface area (Å²) in [6, 6.07) is 1.89. The van der Waals surface area contributed by atoms with E-state index in [2.05, 4.69) is 158 Å². The number of aliphatic imine (C=N–C) groups is 2. The molecular formula is C42H84N4O4. The van der Waals surface area contributed by atoms with Crippen molar-refractivity contribution < 1.29 is 18.9 Å². The molecule has 4 aliphatic rings. The van der Waals surface area contributed by atoms with E-state index in [0.29, 0.717) is 90.0 Å². The fourth-order valence-corrected chi connectivity index (χ4v) is 7.22. The van der Waals surface area contributed by atoms with Gasteiger partial charge in [0.1, 0.15) is 12.2 Å². The van der Waals surface area contributed by atoms with E-state index in [-0.39, 0.29) is 0 Å². The highest BCUT2D eigenvalue weighted by atomic mass is 16.5. The molecule has 0 N–H and O–H groups in total. The maximum absolute atomic E-state index is 5.85. The van der Waals surface area contributed by atoms with Gasteiger partial charge in [-0.2, -0.15) is 0 Å². The second kappa shape index (κ2) is 22.1. The van der Waals surface area contributed by atoms with E-state index < -0.39 is 0 Å². The summed E-state index contributed by atoms with van der Waals surface area (Å²) in [5.41, 5.74) is 0. The van der Waals surface area contributed by atoms with E-state index in [4.69, 9.17) is 18.9 Å². The van der Waals surface area contributed by atoms with E-state index in [1.165, 1.54) is 6.54 Å². The molecule has 4 heterocycles. The van der Waals surface area contributed by atoms with Gasteiger partial charge in [0.25, 0.3) is 0 Å². The Bertz CT molecular complexity index is 986. The normalized spacial score (nSPS) is 31.0. The molecule has 8 atom stereocenters. The van der Waals surface area contributed by atoms with E-state index in [1.807, 2.05) is 0 Å².